The van der Waals surface area contributed by atoms with E-state index in [4.69, 9.17) is 18.9 Å². The Morgan fingerprint density at radius 2 is 1.43 bits per heavy atom. The molecule has 1 heterocycles. The summed E-state index contributed by atoms with van der Waals surface area (Å²) in [5.74, 6) is -1.13. The van der Waals surface area contributed by atoms with Crippen molar-refractivity contribution in [2.24, 2.45) is 0 Å². The fourth-order valence-corrected chi connectivity index (χ4v) is 5.72. The van der Waals surface area contributed by atoms with Gasteiger partial charge in [-0.1, -0.05) is 73.5 Å². The second-order valence-corrected chi connectivity index (χ2v) is 11.0. The zero-order chi connectivity index (χ0) is 31.3. The molecular weight excluding hydrogens is 558 g/mol. The number of methoxy groups -OCH3 is 3. The normalized spacial score (nSPS) is 15.2. The van der Waals surface area contributed by atoms with E-state index in [1.807, 2.05) is 36.4 Å². The second kappa shape index (κ2) is 16.5. The summed E-state index contributed by atoms with van der Waals surface area (Å²) in [4.78, 5) is 42.0. The number of piperidine rings is 1. The number of aryl methyl sites for hydroxylation is 1. The molecule has 2 atom stereocenters. The van der Waals surface area contributed by atoms with Crippen molar-refractivity contribution in [1.29, 1.82) is 0 Å². The van der Waals surface area contributed by atoms with E-state index in [9.17, 15) is 14.4 Å². The quantitative estimate of drug-likeness (QED) is 0.0823. The van der Waals surface area contributed by atoms with Crippen LogP contribution in [-0.2, 0) is 20.7 Å². The summed E-state index contributed by atoms with van der Waals surface area (Å²) in [5.41, 5.74) is 2.36. The number of rotatable bonds is 15. The highest BCUT2D eigenvalue weighted by Crippen LogP contribution is 2.38. The van der Waals surface area contributed by atoms with Crippen molar-refractivity contribution < 1.29 is 33.3 Å². The minimum atomic E-state index is -0.834. The van der Waals surface area contributed by atoms with E-state index in [1.54, 1.807) is 0 Å². The lowest BCUT2D eigenvalue weighted by Gasteiger charge is -2.34. The van der Waals surface area contributed by atoms with Crippen molar-refractivity contribution in [1.82, 2.24) is 4.90 Å². The maximum Gasteiger partial charge on any atom is 0.329 e. The van der Waals surface area contributed by atoms with Gasteiger partial charge in [0.1, 0.15) is 12.1 Å². The maximum atomic E-state index is 13.6. The van der Waals surface area contributed by atoms with Gasteiger partial charge in [-0.15, -0.1) is 0 Å². The number of ketones is 1. The first-order valence-corrected chi connectivity index (χ1v) is 15.4. The SMILES string of the molecule is COc1cc(C(=O)C(=O)N2CCCC[C@H]2C(=O)OC(CCCCCCc2ccccc2)c2ccccc2)cc(OC)c1OC. The van der Waals surface area contributed by atoms with Gasteiger partial charge < -0.3 is 23.8 Å². The average Bonchev–Trinajstić information content (AvgIpc) is 3.08. The van der Waals surface area contributed by atoms with Crippen LogP contribution in [0.25, 0.3) is 0 Å². The number of nitrogens with zero attached hydrogens (tertiary/aromatic N) is 1. The summed E-state index contributed by atoms with van der Waals surface area (Å²) < 4.78 is 22.2. The molecule has 0 aromatic heterocycles. The molecule has 0 saturated carbocycles. The van der Waals surface area contributed by atoms with Crippen molar-refractivity contribution in [2.75, 3.05) is 27.9 Å². The van der Waals surface area contributed by atoms with E-state index in [0.29, 0.717) is 31.6 Å². The predicted octanol–water partition coefficient (Wildman–Crippen LogP) is 6.75. The number of likely N-dealkylation sites (tertiary alicyclic amines) is 1. The third-order valence-electron chi connectivity index (χ3n) is 8.11. The summed E-state index contributed by atoms with van der Waals surface area (Å²) in [6.07, 6.45) is 7.36. The van der Waals surface area contributed by atoms with Gasteiger partial charge in [-0.25, -0.2) is 4.79 Å². The van der Waals surface area contributed by atoms with Crippen LogP contribution in [0.4, 0.5) is 0 Å². The monoisotopic (exact) mass is 601 g/mol. The number of esters is 1. The fraction of sp³-hybridized carbons (Fsp3) is 0.417. The molecule has 3 aromatic carbocycles. The summed E-state index contributed by atoms with van der Waals surface area (Å²) in [5, 5.41) is 0. The van der Waals surface area contributed by atoms with Crippen LogP contribution in [-0.4, -0.2) is 56.5 Å². The molecule has 1 saturated heterocycles. The Hall–Kier alpha value is -4.33. The number of amides is 1. The van der Waals surface area contributed by atoms with Gasteiger partial charge in [0.25, 0.3) is 11.7 Å². The van der Waals surface area contributed by atoms with Crippen molar-refractivity contribution in [3.8, 4) is 17.2 Å². The molecule has 0 bridgehead atoms. The van der Waals surface area contributed by atoms with Crippen molar-refractivity contribution >= 4 is 17.7 Å². The van der Waals surface area contributed by atoms with Crippen LogP contribution in [0.1, 0.15) is 79.0 Å². The third kappa shape index (κ3) is 8.40. The van der Waals surface area contributed by atoms with Gasteiger partial charge in [0.2, 0.25) is 5.75 Å². The predicted molar refractivity (Wildman–Crippen MR) is 168 cm³/mol. The molecule has 44 heavy (non-hydrogen) atoms. The number of Topliss-reactive ketones (excluding diaryl/α,β-unsaturated/α-hetero) is 1. The van der Waals surface area contributed by atoms with Crippen LogP contribution < -0.4 is 14.2 Å². The number of unbranched alkanes of at least 4 members (excludes halogenated alkanes) is 3. The standard InChI is InChI=1S/C36H43NO7/c1-41-31-24-28(25-32(42-2)34(31)43-3)33(38)35(39)37-23-15-14-21-29(37)36(40)44-30(27-19-11-7-12-20-27)22-13-5-4-8-16-26-17-9-6-10-18-26/h6-7,9-12,17-20,24-25,29-30H,4-5,8,13-16,21-23H2,1-3H3/t29-,30?/m0/s1. The van der Waals surface area contributed by atoms with E-state index in [0.717, 1.165) is 44.1 Å². The van der Waals surface area contributed by atoms with Crippen LogP contribution in [0.15, 0.2) is 72.8 Å². The Bertz CT molecular complexity index is 1350. The molecule has 1 aliphatic rings. The Labute approximate surface area is 260 Å². The van der Waals surface area contributed by atoms with E-state index < -0.39 is 29.8 Å². The molecule has 8 heteroatoms. The molecule has 0 spiro atoms. The third-order valence-corrected chi connectivity index (χ3v) is 8.11. The van der Waals surface area contributed by atoms with E-state index in [2.05, 4.69) is 24.3 Å². The molecule has 4 rings (SSSR count). The summed E-state index contributed by atoms with van der Waals surface area (Å²) in [7, 11) is 4.35. The molecule has 234 valence electrons. The van der Waals surface area contributed by atoms with Crippen LogP contribution in [0.2, 0.25) is 0 Å². The van der Waals surface area contributed by atoms with Gasteiger partial charge >= 0.3 is 5.97 Å². The Morgan fingerprint density at radius 3 is 2.07 bits per heavy atom. The van der Waals surface area contributed by atoms with Crippen LogP contribution in [0.5, 0.6) is 17.2 Å². The van der Waals surface area contributed by atoms with Gasteiger partial charge in [0.15, 0.2) is 11.5 Å². The molecule has 3 aromatic rings. The van der Waals surface area contributed by atoms with Gasteiger partial charge in [-0.3, -0.25) is 9.59 Å². The second-order valence-electron chi connectivity index (χ2n) is 11.0. The van der Waals surface area contributed by atoms with E-state index >= 15 is 0 Å². The minimum absolute atomic E-state index is 0.0941. The van der Waals surface area contributed by atoms with Gasteiger partial charge in [0.05, 0.1) is 21.3 Å². The molecule has 8 nitrogen and oxygen atoms in total. The molecular formula is C36H43NO7. The molecule has 0 radical (unpaired) electrons. The van der Waals surface area contributed by atoms with Crippen LogP contribution in [0, 0.1) is 0 Å². The number of carbonyl (C=O) groups excluding carboxylic acids is 3. The lowest BCUT2D eigenvalue weighted by atomic mass is 9.99. The highest BCUT2D eigenvalue weighted by atomic mass is 16.5. The number of hydrogen-bond donors (Lipinski definition) is 0. The molecule has 1 amide bonds. The van der Waals surface area contributed by atoms with Crippen LogP contribution in [0.3, 0.4) is 0 Å². The lowest BCUT2D eigenvalue weighted by molar-refractivity contribution is -0.161. The fourth-order valence-electron chi connectivity index (χ4n) is 5.72. The smallest absolute Gasteiger partial charge is 0.329 e. The minimum Gasteiger partial charge on any atom is -0.493 e. The van der Waals surface area contributed by atoms with Gasteiger partial charge in [0, 0.05) is 12.1 Å². The Kier molecular flexibility index (Phi) is 12.2. The maximum absolute atomic E-state index is 13.6. The molecule has 1 fully saturated rings. The summed E-state index contributed by atoms with van der Waals surface area (Å²) in [6.45, 7) is 0.298. The van der Waals surface area contributed by atoms with Crippen molar-refractivity contribution in [3.05, 3.63) is 89.5 Å². The zero-order valence-corrected chi connectivity index (χ0v) is 26.0. The molecule has 0 aliphatic carbocycles. The van der Waals surface area contributed by atoms with Crippen molar-refractivity contribution in [2.45, 2.75) is 69.9 Å². The molecule has 0 N–H and O–H groups in total. The van der Waals surface area contributed by atoms with Crippen LogP contribution >= 0.6 is 0 Å². The number of hydrogen-bond acceptors (Lipinski definition) is 7. The Morgan fingerprint density at radius 1 is 0.795 bits per heavy atom. The average molecular weight is 602 g/mol. The van der Waals surface area contributed by atoms with Gasteiger partial charge in [-0.2, -0.15) is 0 Å². The van der Waals surface area contributed by atoms with E-state index in [-0.39, 0.29) is 17.1 Å². The number of carbonyl (C=O) groups is 3. The Balaban J connectivity index is 1.41. The number of ether oxygens (including phenoxy) is 4. The molecule has 1 aliphatic heterocycles. The first-order chi connectivity index (χ1) is 21.5. The molecule has 1 unspecified atom stereocenters. The first kappa shape index (κ1) is 32.6. The lowest BCUT2D eigenvalue weighted by Crippen LogP contribution is -2.51. The first-order valence-electron chi connectivity index (χ1n) is 15.4. The largest absolute Gasteiger partial charge is 0.493 e. The summed E-state index contributed by atoms with van der Waals surface area (Å²) in [6, 6.07) is 22.3. The highest BCUT2D eigenvalue weighted by Gasteiger charge is 2.38. The highest BCUT2D eigenvalue weighted by molar-refractivity contribution is 6.43. The zero-order valence-electron chi connectivity index (χ0n) is 26.0. The topological polar surface area (TPSA) is 91.4 Å². The summed E-state index contributed by atoms with van der Waals surface area (Å²) >= 11 is 0. The van der Waals surface area contributed by atoms with Gasteiger partial charge in [-0.05, 0) is 68.2 Å². The number of benzene rings is 3. The van der Waals surface area contributed by atoms with Crippen molar-refractivity contribution in [3.63, 3.8) is 0 Å². The van der Waals surface area contributed by atoms with E-state index in [1.165, 1.54) is 43.9 Å².